The third kappa shape index (κ3) is 6.49. The van der Waals surface area contributed by atoms with Gasteiger partial charge in [-0.2, -0.15) is 0 Å². The first-order chi connectivity index (χ1) is 21.4. The highest BCUT2D eigenvalue weighted by Gasteiger charge is 2.45. The van der Waals surface area contributed by atoms with Crippen LogP contribution in [0.15, 0.2) is 91.3 Å². The van der Waals surface area contributed by atoms with E-state index in [4.69, 9.17) is 19.9 Å². The molecule has 1 aromatic heterocycles. The molecule has 0 fully saturated rings. The summed E-state index contributed by atoms with van der Waals surface area (Å²) in [7, 11) is 3.14. The van der Waals surface area contributed by atoms with Gasteiger partial charge in [0.2, 0.25) is 5.91 Å². The summed E-state index contributed by atoms with van der Waals surface area (Å²) < 4.78 is 16.7. The number of ether oxygens (including phenoxy) is 3. The topological polar surface area (TPSA) is 133 Å². The zero-order valence-electron chi connectivity index (χ0n) is 24.6. The largest absolute Gasteiger partial charge is 0.493 e. The lowest BCUT2D eigenvalue weighted by Crippen LogP contribution is -2.48. The Morgan fingerprint density at radius 2 is 1.64 bits per heavy atom. The Morgan fingerprint density at radius 3 is 2.36 bits per heavy atom. The van der Waals surface area contributed by atoms with E-state index in [2.05, 4.69) is 10.3 Å². The second-order valence-corrected chi connectivity index (χ2v) is 10.3. The number of methoxy groups -OCH3 is 2. The maximum absolute atomic E-state index is 14.2. The molecule has 2 atom stereocenters. The van der Waals surface area contributed by atoms with Crippen molar-refractivity contribution in [1.29, 1.82) is 0 Å². The van der Waals surface area contributed by atoms with Crippen LogP contribution in [0.25, 0.3) is 0 Å². The van der Waals surface area contributed by atoms with Gasteiger partial charge in [0.05, 0.1) is 26.2 Å². The summed E-state index contributed by atoms with van der Waals surface area (Å²) in [6, 6.07) is 22.8. The standard InChI is InChI=1S/C34H34N4O6/c1-42-28-14-13-22(18-29(28)43-2)15-17-38-32(26-11-5-6-12-27(26)44-21-30(35)39)31(24-9-3-4-10-25(24)34(38)41)33(40)37-20-23-8-7-16-36-19-23/h3-14,16,18-19,31-32H,15,17,20-21H2,1-2H3,(H2,35,39)(H,37,40). The lowest BCUT2D eigenvalue weighted by molar-refractivity contribution is -0.124. The number of nitrogens with one attached hydrogen (secondary N) is 1. The normalized spacial score (nSPS) is 15.7. The number of carbonyl (C=O) groups excluding carboxylic acids is 3. The number of para-hydroxylation sites is 1. The summed E-state index contributed by atoms with van der Waals surface area (Å²) in [5, 5.41) is 3.05. The van der Waals surface area contributed by atoms with E-state index in [1.54, 1.807) is 61.8 Å². The Kier molecular flexibility index (Phi) is 9.39. The van der Waals surface area contributed by atoms with E-state index in [0.29, 0.717) is 40.4 Å². The van der Waals surface area contributed by atoms with Crippen LogP contribution in [0, 0.1) is 0 Å². The molecule has 1 aliphatic heterocycles. The number of fused-ring (bicyclic) bond motifs is 1. The Labute approximate surface area is 255 Å². The first-order valence-corrected chi connectivity index (χ1v) is 14.2. The van der Waals surface area contributed by atoms with Gasteiger partial charge in [0.15, 0.2) is 18.1 Å². The van der Waals surface area contributed by atoms with Crippen molar-refractivity contribution in [2.75, 3.05) is 27.4 Å². The molecule has 44 heavy (non-hydrogen) atoms. The molecule has 10 heteroatoms. The van der Waals surface area contributed by atoms with Crippen LogP contribution < -0.4 is 25.3 Å². The van der Waals surface area contributed by atoms with E-state index in [1.807, 2.05) is 48.5 Å². The molecule has 0 saturated heterocycles. The number of benzene rings is 3. The molecule has 3 aromatic carbocycles. The second kappa shape index (κ2) is 13.7. The van der Waals surface area contributed by atoms with E-state index >= 15 is 0 Å². The monoisotopic (exact) mass is 594 g/mol. The molecular formula is C34H34N4O6. The number of hydrogen-bond donors (Lipinski definition) is 2. The molecule has 4 aromatic rings. The molecule has 0 saturated carbocycles. The number of amides is 3. The Hall–Kier alpha value is -5.38. The molecule has 1 aliphatic rings. The molecule has 0 spiro atoms. The van der Waals surface area contributed by atoms with Gasteiger partial charge in [-0.15, -0.1) is 0 Å². The van der Waals surface area contributed by atoms with Gasteiger partial charge in [0.1, 0.15) is 5.75 Å². The average molecular weight is 595 g/mol. The quantitative estimate of drug-likeness (QED) is 0.255. The number of nitrogens with two attached hydrogens (primary N) is 1. The van der Waals surface area contributed by atoms with Gasteiger partial charge in [-0.1, -0.05) is 48.5 Å². The number of nitrogens with zero attached hydrogens (tertiary/aromatic N) is 2. The lowest BCUT2D eigenvalue weighted by atomic mass is 9.78. The van der Waals surface area contributed by atoms with Gasteiger partial charge in [-0.25, -0.2) is 0 Å². The van der Waals surface area contributed by atoms with Crippen molar-refractivity contribution in [2.24, 2.45) is 5.73 Å². The van der Waals surface area contributed by atoms with Gasteiger partial charge >= 0.3 is 0 Å². The van der Waals surface area contributed by atoms with Gasteiger partial charge in [-0.3, -0.25) is 19.4 Å². The Morgan fingerprint density at radius 1 is 0.886 bits per heavy atom. The highest BCUT2D eigenvalue weighted by molar-refractivity contribution is 6.01. The molecule has 0 bridgehead atoms. The molecule has 10 nitrogen and oxygen atoms in total. The third-order valence-corrected chi connectivity index (χ3v) is 7.61. The summed E-state index contributed by atoms with van der Waals surface area (Å²) in [5.74, 6) is -0.362. The minimum atomic E-state index is -0.788. The first kappa shape index (κ1) is 30.1. The summed E-state index contributed by atoms with van der Waals surface area (Å²) in [4.78, 5) is 45.8. The summed E-state index contributed by atoms with van der Waals surface area (Å²) >= 11 is 0. The van der Waals surface area contributed by atoms with Crippen LogP contribution >= 0.6 is 0 Å². The lowest BCUT2D eigenvalue weighted by Gasteiger charge is -2.42. The van der Waals surface area contributed by atoms with Gasteiger partial charge in [0, 0.05) is 36.6 Å². The third-order valence-electron chi connectivity index (χ3n) is 7.61. The van der Waals surface area contributed by atoms with E-state index < -0.39 is 17.9 Å². The molecule has 226 valence electrons. The summed E-state index contributed by atoms with van der Waals surface area (Å²) in [6.45, 7) is 0.194. The van der Waals surface area contributed by atoms with Gasteiger partial charge in [-0.05, 0) is 53.4 Å². The van der Waals surface area contributed by atoms with Crippen LogP contribution in [-0.4, -0.2) is 55.0 Å². The van der Waals surface area contributed by atoms with E-state index in [9.17, 15) is 14.4 Å². The maximum Gasteiger partial charge on any atom is 0.255 e. The first-order valence-electron chi connectivity index (χ1n) is 14.2. The maximum atomic E-state index is 14.2. The van der Waals surface area contributed by atoms with Crippen LogP contribution in [0.1, 0.15) is 44.6 Å². The number of carbonyl (C=O) groups is 3. The van der Waals surface area contributed by atoms with Crippen molar-refractivity contribution in [3.05, 3.63) is 119 Å². The SMILES string of the molecule is COc1ccc(CCN2C(=O)c3ccccc3C(C(=O)NCc3cccnc3)C2c2ccccc2OCC(N)=O)cc1OC. The van der Waals surface area contributed by atoms with Crippen molar-refractivity contribution >= 4 is 17.7 Å². The minimum Gasteiger partial charge on any atom is -0.493 e. The highest BCUT2D eigenvalue weighted by atomic mass is 16.5. The molecule has 0 radical (unpaired) electrons. The van der Waals surface area contributed by atoms with Crippen molar-refractivity contribution in [2.45, 2.75) is 24.9 Å². The number of rotatable bonds is 12. The molecule has 3 amide bonds. The molecule has 2 unspecified atom stereocenters. The van der Waals surface area contributed by atoms with Crippen LogP contribution in [0.5, 0.6) is 17.2 Å². The van der Waals surface area contributed by atoms with Crippen LogP contribution in [0.4, 0.5) is 0 Å². The molecule has 5 rings (SSSR count). The Bertz CT molecular complexity index is 1640. The predicted molar refractivity (Wildman–Crippen MR) is 163 cm³/mol. The number of pyridine rings is 1. The smallest absolute Gasteiger partial charge is 0.255 e. The summed E-state index contributed by atoms with van der Waals surface area (Å²) in [6.07, 6.45) is 3.83. The Balaban J connectivity index is 1.57. The fourth-order valence-electron chi connectivity index (χ4n) is 5.56. The fraction of sp³-hybridized carbons (Fsp3) is 0.235. The molecule has 2 heterocycles. The zero-order valence-corrected chi connectivity index (χ0v) is 24.6. The predicted octanol–water partition coefficient (Wildman–Crippen LogP) is 3.80. The zero-order chi connectivity index (χ0) is 31.1. The van der Waals surface area contributed by atoms with Crippen LogP contribution in [0.3, 0.4) is 0 Å². The summed E-state index contributed by atoms with van der Waals surface area (Å²) in [5.41, 5.74) is 8.80. The highest BCUT2D eigenvalue weighted by Crippen LogP contribution is 2.45. The molecule has 3 N–H and O–H groups in total. The fourth-order valence-corrected chi connectivity index (χ4v) is 5.56. The number of primary amides is 1. The minimum absolute atomic E-state index is 0.216. The number of hydrogen-bond acceptors (Lipinski definition) is 7. The van der Waals surface area contributed by atoms with E-state index in [1.165, 1.54) is 0 Å². The van der Waals surface area contributed by atoms with E-state index in [0.717, 1.165) is 11.1 Å². The van der Waals surface area contributed by atoms with Gasteiger partial charge in [0.25, 0.3) is 11.8 Å². The van der Waals surface area contributed by atoms with Crippen LogP contribution in [0.2, 0.25) is 0 Å². The van der Waals surface area contributed by atoms with Crippen molar-refractivity contribution in [3.8, 4) is 17.2 Å². The van der Waals surface area contributed by atoms with Crippen molar-refractivity contribution < 1.29 is 28.6 Å². The second-order valence-electron chi connectivity index (χ2n) is 10.3. The average Bonchev–Trinajstić information content (AvgIpc) is 3.06. The van der Waals surface area contributed by atoms with Crippen molar-refractivity contribution in [3.63, 3.8) is 0 Å². The molecular weight excluding hydrogens is 560 g/mol. The number of aromatic nitrogens is 1. The van der Waals surface area contributed by atoms with Crippen LogP contribution in [-0.2, 0) is 22.6 Å². The molecule has 0 aliphatic carbocycles. The van der Waals surface area contributed by atoms with Crippen molar-refractivity contribution in [1.82, 2.24) is 15.2 Å². The van der Waals surface area contributed by atoms with E-state index in [-0.39, 0.29) is 31.5 Å². The van der Waals surface area contributed by atoms with Gasteiger partial charge < -0.3 is 30.2 Å².